The third-order valence-electron chi connectivity index (χ3n) is 4.93. The molecule has 26 heavy (non-hydrogen) atoms. The average Bonchev–Trinajstić information content (AvgIpc) is 3.05. The van der Waals surface area contributed by atoms with E-state index in [1.54, 1.807) is 18.2 Å². The van der Waals surface area contributed by atoms with Gasteiger partial charge in [0.05, 0.1) is 0 Å². The first-order chi connectivity index (χ1) is 12.5. The van der Waals surface area contributed by atoms with Crippen LogP contribution in [0.5, 0.6) is 0 Å². The summed E-state index contributed by atoms with van der Waals surface area (Å²) in [7, 11) is 0. The number of carbonyl (C=O) groups is 1. The van der Waals surface area contributed by atoms with E-state index in [9.17, 15) is 9.18 Å². The van der Waals surface area contributed by atoms with Crippen molar-refractivity contribution in [3.63, 3.8) is 0 Å². The lowest BCUT2D eigenvalue weighted by molar-refractivity contribution is -0.132. The van der Waals surface area contributed by atoms with E-state index in [1.165, 1.54) is 6.07 Å². The van der Waals surface area contributed by atoms with E-state index in [1.807, 2.05) is 29.2 Å². The first-order valence-corrected chi connectivity index (χ1v) is 9.43. The Labute approximate surface area is 158 Å². The molecule has 2 aromatic rings. The van der Waals surface area contributed by atoms with Crippen LogP contribution in [0.4, 0.5) is 4.39 Å². The fourth-order valence-electron chi connectivity index (χ4n) is 3.67. The van der Waals surface area contributed by atoms with Crippen molar-refractivity contribution in [2.24, 2.45) is 5.73 Å². The van der Waals surface area contributed by atoms with E-state index in [4.69, 9.17) is 17.3 Å². The first-order valence-electron chi connectivity index (χ1n) is 9.06. The number of likely N-dealkylation sites (tertiary alicyclic amines) is 1. The summed E-state index contributed by atoms with van der Waals surface area (Å²) in [5.41, 5.74) is 7.83. The van der Waals surface area contributed by atoms with E-state index in [-0.39, 0.29) is 30.2 Å². The molecule has 2 N–H and O–H groups in total. The second-order valence-corrected chi connectivity index (χ2v) is 7.41. The van der Waals surface area contributed by atoms with Crippen LogP contribution in [0.1, 0.15) is 30.4 Å². The molecule has 0 saturated carbocycles. The molecule has 1 aliphatic heterocycles. The van der Waals surface area contributed by atoms with Crippen molar-refractivity contribution in [1.82, 2.24) is 4.90 Å². The first kappa shape index (κ1) is 18.9. The van der Waals surface area contributed by atoms with E-state index < -0.39 is 0 Å². The molecule has 3 rings (SSSR count). The summed E-state index contributed by atoms with van der Waals surface area (Å²) in [6.07, 6.45) is 3.39. The summed E-state index contributed by atoms with van der Waals surface area (Å²) in [6.45, 7) is 0.760. The van der Waals surface area contributed by atoms with Gasteiger partial charge >= 0.3 is 0 Å². The summed E-state index contributed by atoms with van der Waals surface area (Å²) in [4.78, 5) is 14.7. The Hall–Kier alpha value is -1.91. The van der Waals surface area contributed by atoms with Gasteiger partial charge in [0.25, 0.3) is 0 Å². The molecule has 0 radical (unpaired) electrons. The lowest BCUT2D eigenvalue weighted by Crippen LogP contribution is -2.40. The van der Waals surface area contributed by atoms with Crippen molar-refractivity contribution >= 4 is 17.5 Å². The van der Waals surface area contributed by atoms with Gasteiger partial charge in [-0.3, -0.25) is 4.79 Å². The maximum absolute atomic E-state index is 13.8. The molecule has 1 amide bonds. The summed E-state index contributed by atoms with van der Waals surface area (Å²) < 4.78 is 13.8. The smallest absolute Gasteiger partial charge is 0.224 e. The number of benzene rings is 2. The molecule has 1 heterocycles. The number of nitrogens with two attached hydrogens (primary N) is 1. The molecule has 138 valence electrons. The quantitative estimate of drug-likeness (QED) is 0.831. The van der Waals surface area contributed by atoms with Gasteiger partial charge in [0.2, 0.25) is 5.91 Å². The molecule has 2 atom stereocenters. The fraction of sp³-hybridized carbons (Fsp3) is 0.381. The third kappa shape index (κ3) is 4.83. The highest BCUT2D eigenvalue weighted by Crippen LogP contribution is 2.24. The van der Waals surface area contributed by atoms with E-state index >= 15 is 0 Å². The van der Waals surface area contributed by atoms with Crippen molar-refractivity contribution in [2.75, 3.05) is 6.54 Å². The SMILES string of the molecule is N[C@@H](CC(=O)N1CCCC1Cc1cccc(Cl)c1)Cc1ccccc1F. The molecular weight excluding hydrogens is 351 g/mol. The molecule has 1 unspecified atom stereocenters. The molecule has 3 nitrogen and oxygen atoms in total. The summed E-state index contributed by atoms with van der Waals surface area (Å²) in [6, 6.07) is 14.2. The number of hydrogen-bond acceptors (Lipinski definition) is 2. The fourth-order valence-corrected chi connectivity index (χ4v) is 3.89. The number of hydrogen-bond donors (Lipinski definition) is 1. The van der Waals surface area contributed by atoms with Crippen molar-refractivity contribution in [3.8, 4) is 0 Å². The zero-order valence-electron chi connectivity index (χ0n) is 14.7. The van der Waals surface area contributed by atoms with Crippen LogP contribution in [0.15, 0.2) is 48.5 Å². The predicted octanol–water partition coefficient (Wildman–Crippen LogP) is 3.97. The molecule has 1 saturated heterocycles. The topological polar surface area (TPSA) is 46.3 Å². The molecule has 0 bridgehead atoms. The number of amides is 1. The molecule has 0 aromatic heterocycles. The van der Waals surface area contributed by atoms with Gasteiger partial charge in [0, 0.05) is 30.1 Å². The Bertz CT molecular complexity index is 767. The van der Waals surface area contributed by atoms with E-state index in [0.717, 1.165) is 31.4 Å². The van der Waals surface area contributed by atoms with E-state index in [2.05, 4.69) is 0 Å². The van der Waals surface area contributed by atoms with Crippen LogP contribution in [0.25, 0.3) is 0 Å². The van der Waals surface area contributed by atoms with Gasteiger partial charge in [-0.2, -0.15) is 0 Å². The van der Waals surface area contributed by atoms with Gasteiger partial charge in [0.15, 0.2) is 0 Å². The Morgan fingerprint density at radius 2 is 2.08 bits per heavy atom. The van der Waals surface area contributed by atoms with Crippen LogP contribution in [-0.4, -0.2) is 29.4 Å². The van der Waals surface area contributed by atoms with Crippen LogP contribution in [0, 0.1) is 5.82 Å². The molecule has 0 spiro atoms. The summed E-state index contributed by atoms with van der Waals surface area (Å²) in [5, 5.41) is 0.713. The van der Waals surface area contributed by atoms with Gasteiger partial charge in [-0.15, -0.1) is 0 Å². The van der Waals surface area contributed by atoms with Crippen molar-refractivity contribution in [1.29, 1.82) is 0 Å². The number of nitrogens with zero attached hydrogens (tertiary/aromatic N) is 1. The van der Waals surface area contributed by atoms with Crippen LogP contribution in [0.2, 0.25) is 5.02 Å². The zero-order valence-corrected chi connectivity index (χ0v) is 15.5. The Morgan fingerprint density at radius 3 is 2.85 bits per heavy atom. The number of rotatable bonds is 6. The third-order valence-corrected chi connectivity index (χ3v) is 5.17. The molecule has 2 aromatic carbocycles. The van der Waals surface area contributed by atoms with Crippen molar-refractivity contribution in [2.45, 2.75) is 44.2 Å². The zero-order chi connectivity index (χ0) is 18.5. The number of halogens is 2. The number of carbonyl (C=O) groups excluding carboxylic acids is 1. The molecule has 1 fully saturated rings. The van der Waals surface area contributed by atoms with Gasteiger partial charge in [-0.1, -0.05) is 41.9 Å². The van der Waals surface area contributed by atoms with Gasteiger partial charge in [-0.25, -0.2) is 4.39 Å². The van der Waals surface area contributed by atoms with Gasteiger partial charge in [0.1, 0.15) is 5.82 Å². The van der Waals surface area contributed by atoms with Crippen LogP contribution >= 0.6 is 11.6 Å². The van der Waals surface area contributed by atoms with Crippen molar-refractivity contribution < 1.29 is 9.18 Å². The normalized spacial score (nSPS) is 18.1. The Kier molecular flexibility index (Phi) is 6.28. The van der Waals surface area contributed by atoms with Crippen LogP contribution in [-0.2, 0) is 17.6 Å². The lowest BCUT2D eigenvalue weighted by Gasteiger charge is -2.26. The highest BCUT2D eigenvalue weighted by molar-refractivity contribution is 6.30. The van der Waals surface area contributed by atoms with Gasteiger partial charge in [-0.05, 0) is 55.0 Å². The molecule has 1 aliphatic rings. The second kappa shape index (κ2) is 8.65. The predicted molar refractivity (Wildman–Crippen MR) is 103 cm³/mol. The Balaban J connectivity index is 1.58. The maximum Gasteiger partial charge on any atom is 0.224 e. The van der Waals surface area contributed by atoms with Crippen molar-refractivity contribution in [3.05, 3.63) is 70.5 Å². The highest BCUT2D eigenvalue weighted by Gasteiger charge is 2.29. The lowest BCUT2D eigenvalue weighted by atomic mass is 10.0. The van der Waals surface area contributed by atoms with Crippen LogP contribution < -0.4 is 5.73 Å². The highest BCUT2D eigenvalue weighted by atomic mass is 35.5. The standard InChI is InChI=1S/C21H24ClFN2O/c22-17-7-3-5-15(11-17)12-19-8-4-10-25(19)21(26)14-18(24)13-16-6-1-2-9-20(16)23/h1-3,5-7,9,11,18-19H,4,8,10,12-14,24H2/t18-,19?/m1/s1. The van der Waals surface area contributed by atoms with Gasteiger partial charge < -0.3 is 10.6 Å². The monoisotopic (exact) mass is 374 g/mol. The summed E-state index contributed by atoms with van der Waals surface area (Å²) >= 11 is 6.06. The molecular formula is C21H24ClFN2O. The maximum atomic E-state index is 13.8. The minimum Gasteiger partial charge on any atom is -0.339 e. The van der Waals surface area contributed by atoms with Crippen LogP contribution in [0.3, 0.4) is 0 Å². The Morgan fingerprint density at radius 1 is 1.27 bits per heavy atom. The van der Waals surface area contributed by atoms with E-state index in [0.29, 0.717) is 17.0 Å². The molecule has 0 aliphatic carbocycles. The minimum atomic E-state index is -0.383. The molecule has 5 heteroatoms. The second-order valence-electron chi connectivity index (χ2n) is 6.98. The average molecular weight is 375 g/mol. The minimum absolute atomic E-state index is 0.0540. The largest absolute Gasteiger partial charge is 0.339 e. The summed E-state index contributed by atoms with van der Waals surface area (Å²) in [5.74, 6) is -0.214.